The Hall–Kier alpha value is -4.14. The van der Waals surface area contributed by atoms with Crippen molar-refractivity contribution in [2.45, 2.75) is 71.3 Å². The number of nitrogens with zero attached hydrogens (tertiary/aromatic N) is 3. The fraction of sp³-hybridized carbons (Fsp3) is 0.438. The van der Waals surface area contributed by atoms with Crippen LogP contribution in [0.2, 0.25) is 0 Å². The van der Waals surface area contributed by atoms with Gasteiger partial charge in [-0.1, -0.05) is 56.7 Å². The molecule has 41 heavy (non-hydrogen) atoms. The number of urea groups is 1. The van der Waals surface area contributed by atoms with E-state index in [1.165, 1.54) is 0 Å². The van der Waals surface area contributed by atoms with Crippen molar-refractivity contribution in [2.75, 3.05) is 23.7 Å². The fourth-order valence-corrected chi connectivity index (χ4v) is 5.38. The number of nitrogens with one attached hydrogen (secondary N) is 2. The molecule has 0 spiro atoms. The minimum Gasteiger partial charge on any atom is -0.452 e. The molecule has 2 aliphatic heterocycles. The Morgan fingerprint density at radius 2 is 1.71 bits per heavy atom. The van der Waals surface area contributed by atoms with E-state index in [4.69, 9.17) is 9.84 Å². The van der Waals surface area contributed by atoms with E-state index < -0.39 is 6.10 Å². The normalized spacial score (nSPS) is 17.8. The van der Waals surface area contributed by atoms with Crippen molar-refractivity contribution in [1.29, 1.82) is 0 Å². The van der Waals surface area contributed by atoms with E-state index in [0.717, 1.165) is 47.5 Å². The molecule has 2 aliphatic rings. The predicted molar refractivity (Wildman–Crippen MR) is 158 cm³/mol. The van der Waals surface area contributed by atoms with Gasteiger partial charge in [-0.05, 0) is 55.9 Å². The first-order valence-corrected chi connectivity index (χ1v) is 14.4. The van der Waals surface area contributed by atoms with Crippen LogP contribution in [0.4, 0.5) is 16.3 Å². The Morgan fingerprint density at radius 1 is 1.00 bits per heavy atom. The first-order chi connectivity index (χ1) is 19.6. The van der Waals surface area contributed by atoms with Gasteiger partial charge in [-0.2, -0.15) is 5.10 Å². The largest absolute Gasteiger partial charge is 0.452 e. The maximum absolute atomic E-state index is 13.2. The first kappa shape index (κ1) is 28.4. The van der Waals surface area contributed by atoms with Crippen molar-refractivity contribution in [3.8, 4) is 5.69 Å². The molecule has 3 heterocycles. The van der Waals surface area contributed by atoms with E-state index in [2.05, 4.69) is 31.4 Å². The zero-order valence-corrected chi connectivity index (χ0v) is 24.3. The molecular weight excluding hydrogens is 518 g/mol. The summed E-state index contributed by atoms with van der Waals surface area (Å²) in [5, 5.41) is 10.9. The van der Waals surface area contributed by atoms with E-state index in [1.807, 2.05) is 66.4 Å². The van der Waals surface area contributed by atoms with Crippen LogP contribution in [0.5, 0.6) is 0 Å². The van der Waals surface area contributed by atoms with Gasteiger partial charge >= 0.3 is 12.0 Å². The second kappa shape index (κ2) is 11.8. The number of aromatic nitrogens is 2. The highest BCUT2D eigenvalue weighted by Crippen LogP contribution is 2.29. The lowest BCUT2D eigenvalue weighted by atomic mass is 9.89. The molecule has 2 fully saturated rings. The highest BCUT2D eigenvalue weighted by atomic mass is 16.6. The molecule has 2 aromatic carbocycles. The third kappa shape index (κ3) is 6.78. The summed E-state index contributed by atoms with van der Waals surface area (Å²) in [5.74, 6) is 0.611. The highest BCUT2D eigenvalue weighted by Gasteiger charge is 2.34. The van der Waals surface area contributed by atoms with E-state index in [0.29, 0.717) is 37.7 Å². The van der Waals surface area contributed by atoms with Gasteiger partial charge in [-0.25, -0.2) is 9.48 Å². The topological polar surface area (TPSA) is 106 Å². The molecule has 0 saturated carbocycles. The number of carbonyl (C=O) groups excluding carboxylic acids is 3. The number of benzene rings is 2. The number of para-hydroxylation sites is 1. The Bertz CT molecular complexity index is 1410. The summed E-state index contributed by atoms with van der Waals surface area (Å²) in [6.45, 7) is 9.62. The molecule has 2 N–H and O–H groups in total. The summed E-state index contributed by atoms with van der Waals surface area (Å²) in [6.07, 6.45) is 2.69. The second-order valence-corrected chi connectivity index (χ2v) is 12.1. The zero-order chi connectivity index (χ0) is 29.1. The zero-order valence-electron chi connectivity index (χ0n) is 24.3. The minimum absolute atomic E-state index is 0.0764. The summed E-state index contributed by atoms with van der Waals surface area (Å²) < 4.78 is 6.94. The van der Waals surface area contributed by atoms with Crippen LogP contribution < -0.4 is 10.6 Å². The molecule has 1 unspecified atom stereocenters. The lowest BCUT2D eigenvalue weighted by Gasteiger charge is -2.33. The number of anilines is 2. The third-order valence-corrected chi connectivity index (χ3v) is 7.86. The van der Waals surface area contributed by atoms with Gasteiger partial charge in [0.05, 0.1) is 11.4 Å². The lowest BCUT2D eigenvalue weighted by Crippen LogP contribution is -2.44. The van der Waals surface area contributed by atoms with E-state index in [1.54, 1.807) is 4.68 Å². The predicted octanol–water partition coefficient (Wildman–Crippen LogP) is 5.61. The monoisotopic (exact) mass is 557 g/mol. The molecule has 216 valence electrons. The number of piperidine rings is 1. The van der Waals surface area contributed by atoms with Crippen LogP contribution in [0.3, 0.4) is 0 Å². The van der Waals surface area contributed by atoms with Crippen molar-refractivity contribution < 1.29 is 19.1 Å². The average molecular weight is 558 g/mol. The van der Waals surface area contributed by atoms with Gasteiger partial charge in [0.15, 0.2) is 6.10 Å². The number of carbonyl (C=O) groups is 3. The number of aryl methyl sites for hydroxylation is 1. The van der Waals surface area contributed by atoms with Crippen molar-refractivity contribution in [3.63, 3.8) is 0 Å². The van der Waals surface area contributed by atoms with E-state index in [9.17, 15) is 14.4 Å². The number of ether oxygens (including phenoxy) is 1. The molecule has 2 saturated heterocycles. The first-order valence-electron chi connectivity index (χ1n) is 14.4. The number of amides is 3. The van der Waals surface area contributed by atoms with Crippen molar-refractivity contribution in [3.05, 3.63) is 71.4 Å². The Morgan fingerprint density at radius 3 is 2.37 bits per heavy atom. The van der Waals surface area contributed by atoms with Crippen LogP contribution >= 0.6 is 0 Å². The number of cyclic esters (lactones) is 1. The Labute approximate surface area is 241 Å². The molecule has 9 nitrogen and oxygen atoms in total. The summed E-state index contributed by atoms with van der Waals surface area (Å²) in [6, 6.07) is 17.5. The van der Waals surface area contributed by atoms with Crippen molar-refractivity contribution >= 4 is 29.4 Å². The summed E-state index contributed by atoms with van der Waals surface area (Å²) in [5.41, 5.74) is 4.54. The van der Waals surface area contributed by atoms with Crippen LogP contribution in [-0.2, 0) is 26.2 Å². The van der Waals surface area contributed by atoms with Gasteiger partial charge in [0.2, 0.25) is 0 Å². The molecule has 1 aromatic heterocycles. The highest BCUT2D eigenvalue weighted by molar-refractivity contribution is 6.00. The maximum Gasteiger partial charge on any atom is 0.324 e. The molecule has 5 rings (SSSR count). The van der Waals surface area contributed by atoms with Gasteiger partial charge in [-0.15, -0.1) is 0 Å². The molecule has 0 bridgehead atoms. The Kier molecular flexibility index (Phi) is 8.15. The molecule has 9 heteroatoms. The van der Waals surface area contributed by atoms with E-state index in [-0.39, 0.29) is 23.3 Å². The molecular formula is C32H39N5O4. The summed E-state index contributed by atoms with van der Waals surface area (Å²) >= 11 is 0. The number of likely N-dealkylation sites (tertiary alicyclic amines) is 1. The van der Waals surface area contributed by atoms with Gasteiger partial charge in [-0.3, -0.25) is 14.9 Å². The standard InChI is InChI=1S/C32H39N5O4/c1-21-9-11-24(12-10-21)37-28(20-27(35-37)32(2,3)4)34-31(40)33-25-8-6-5-7-23(25)19-22-15-17-36(18-16-22)30(39)26-13-14-29(38)41-26/h5-12,20,22,26H,13-19H2,1-4H3,(H2,33,34,40). The lowest BCUT2D eigenvalue weighted by molar-refractivity contribution is -0.153. The third-order valence-electron chi connectivity index (χ3n) is 7.86. The smallest absolute Gasteiger partial charge is 0.324 e. The summed E-state index contributed by atoms with van der Waals surface area (Å²) in [7, 11) is 0. The van der Waals surface area contributed by atoms with Gasteiger partial charge in [0.1, 0.15) is 5.82 Å². The number of esters is 1. The van der Waals surface area contributed by atoms with Crippen LogP contribution in [-0.4, -0.2) is 51.8 Å². The van der Waals surface area contributed by atoms with Gasteiger partial charge in [0.25, 0.3) is 5.91 Å². The molecule has 0 radical (unpaired) electrons. The quantitative estimate of drug-likeness (QED) is 0.384. The molecule has 3 amide bonds. The van der Waals surface area contributed by atoms with Crippen molar-refractivity contribution in [2.24, 2.45) is 5.92 Å². The Balaban J connectivity index is 1.23. The maximum atomic E-state index is 13.2. The number of hydrogen-bond donors (Lipinski definition) is 2. The SMILES string of the molecule is Cc1ccc(-n2nc(C(C)(C)C)cc2NC(=O)Nc2ccccc2CC2CCN(C(=O)C3CCC(=O)O3)CC2)cc1. The molecule has 3 aromatic rings. The molecule has 1 atom stereocenters. The van der Waals surface area contributed by atoms with Crippen LogP contribution in [0.15, 0.2) is 54.6 Å². The van der Waals surface area contributed by atoms with E-state index >= 15 is 0 Å². The number of hydrogen-bond acceptors (Lipinski definition) is 5. The van der Waals surface area contributed by atoms with Crippen LogP contribution in [0.1, 0.15) is 63.3 Å². The average Bonchev–Trinajstić information content (AvgIpc) is 3.57. The van der Waals surface area contributed by atoms with Crippen LogP contribution in [0.25, 0.3) is 5.69 Å². The van der Waals surface area contributed by atoms with Crippen molar-refractivity contribution in [1.82, 2.24) is 14.7 Å². The van der Waals surface area contributed by atoms with Gasteiger partial charge in [0, 0.05) is 43.1 Å². The number of rotatable bonds is 6. The second-order valence-electron chi connectivity index (χ2n) is 12.1. The molecule has 0 aliphatic carbocycles. The van der Waals surface area contributed by atoms with Gasteiger partial charge < -0.3 is 15.0 Å². The fourth-order valence-electron chi connectivity index (χ4n) is 5.38. The minimum atomic E-state index is -0.621. The summed E-state index contributed by atoms with van der Waals surface area (Å²) in [4.78, 5) is 39.2. The van der Waals surface area contributed by atoms with Crippen LogP contribution in [0, 0.1) is 12.8 Å².